The molecule has 0 aliphatic carbocycles. The molecule has 1 aliphatic heterocycles. The molecule has 1 aliphatic rings. The van der Waals surface area contributed by atoms with Crippen LogP contribution in [0.5, 0.6) is 5.75 Å². The molecule has 1 aromatic heterocycles. The molecule has 2 aromatic carbocycles. The zero-order valence-corrected chi connectivity index (χ0v) is 12.3. The Balaban J connectivity index is 1.84. The van der Waals surface area contributed by atoms with E-state index in [1.165, 1.54) is 18.1 Å². The van der Waals surface area contributed by atoms with Crippen molar-refractivity contribution in [1.82, 2.24) is 10.3 Å². The third-order valence-electron chi connectivity index (χ3n) is 4.37. The number of rotatable bonds is 2. The number of halogens is 1. The third kappa shape index (κ3) is 1.99. The summed E-state index contributed by atoms with van der Waals surface area (Å²) in [6.45, 7) is 0.882. The molecule has 3 nitrogen and oxygen atoms in total. The van der Waals surface area contributed by atoms with E-state index in [-0.39, 0.29) is 17.6 Å². The average Bonchev–Trinajstić information content (AvgIpc) is 2.93. The molecule has 3 aromatic rings. The van der Waals surface area contributed by atoms with Gasteiger partial charge in [0, 0.05) is 23.1 Å². The van der Waals surface area contributed by atoms with Gasteiger partial charge in [0.15, 0.2) is 11.6 Å². The van der Waals surface area contributed by atoms with Gasteiger partial charge in [-0.1, -0.05) is 24.3 Å². The summed E-state index contributed by atoms with van der Waals surface area (Å²) in [5.41, 5.74) is 4.51. The van der Waals surface area contributed by atoms with Gasteiger partial charge in [-0.15, -0.1) is 0 Å². The van der Waals surface area contributed by atoms with Gasteiger partial charge in [-0.2, -0.15) is 0 Å². The molecular formula is C18H17FN2O. The number of para-hydroxylation sites is 1. The van der Waals surface area contributed by atoms with Gasteiger partial charge < -0.3 is 15.0 Å². The number of benzene rings is 2. The lowest BCUT2D eigenvalue weighted by Gasteiger charge is -2.25. The Bertz CT molecular complexity index is 840. The number of aromatic amines is 1. The molecular weight excluding hydrogens is 279 g/mol. The lowest BCUT2D eigenvalue weighted by molar-refractivity contribution is 0.385. The third-order valence-corrected chi connectivity index (χ3v) is 4.37. The van der Waals surface area contributed by atoms with Gasteiger partial charge in [-0.05, 0) is 35.7 Å². The highest BCUT2D eigenvalue weighted by Gasteiger charge is 2.25. The Kier molecular flexibility index (Phi) is 3.12. The van der Waals surface area contributed by atoms with Crippen LogP contribution < -0.4 is 10.1 Å². The lowest BCUT2D eigenvalue weighted by atomic mass is 9.94. The predicted molar refractivity (Wildman–Crippen MR) is 84.8 cm³/mol. The quantitative estimate of drug-likeness (QED) is 0.759. The van der Waals surface area contributed by atoms with Crippen molar-refractivity contribution in [3.8, 4) is 5.75 Å². The number of aromatic nitrogens is 1. The van der Waals surface area contributed by atoms with Crippen molar-refractivity contribution < 1.29 is 9.13 Å². The summed E-state index contributed by atoms with van der Waals surface area (Å²) < 4.78 is 19.0. The van der Waals surface area contributed by atoms with E-state index in [4.69, 9.17) is 4.74 Å². The fourth-order valence-electron chi connectivity index (χ4n) is 3.33. The normalized spacial score (nSPS) is 17.5. The van der Waals surface area contributed by atoms with E-state index in [9.17, 15) is 4.39 Å². The Morgan fingerprint density at radius 3 is 2.86 bits per heavy atom. The zero-order chi connectivity index (χ0) is 15.1. The first kappa shape index (κ1) is 13.3. The van der Waals surface area contributed by atoms with Gasteiger partial charge in [0.05, 0.1) is 13.2 Å². The first-order valence-electron chi connectivity index (χ1n) is 7.44. The molecule has 22 heavy (non-hydrogen) atoms. The molecule has 2 heterocycles. The number of nitrogens with one attached hydrogen (secondary N) is 2. The molecule has 2 N–H and O–H groups in total. The minimum Gasteiger partial charge on any atom is -0.494 e. The summed E-state index contributed by atoms with van der Waals surface area (Å²) >= 11 is 0. The fourth-order valence-corrected chi connectivity index (χ4v) is 3.33. The van der Waals surface area contributed by atoms with Crippen LogP contribution in [0.2, 0.25) is 0 Å². The lowest BCUT2D eigenvalue weighted by Crippen LogP contribution is -2.30. The predicted octanol–water partition coefficient (Wildman–Crippen LogP) is 3.55. The van der Waals surface area contributed by atoms with Crippen LogP contribution in [0.1, 0.15) is 22.9 Å². The molecule has 0 saturated heterocycles. The highest BCUT2D eigenvalue weighted by Crippen LogP contribution is 2.34. The van der Waals surface area contributed by atoms with E-state index in [1.807, 2.05) is 12.1 Å². The van der Waals surface area contributed by atoms with Gasteiger partial charge in [0.1, 0.15) is 0 Å². The Morgan fingerprint density at radius 1 is 1.18 bits per heavy atom. The molecule has 1 unspecified atom stereocenters. The molecule has 0 saturated carbocycles. The number of fused-ring (bicyclic) bond motifs is 3. The van der Waals surface area contributed by atoms with Crippen LogP contribution in [-0.4, -0.2) is 18.6 Å². The number of methoxy groups -OCH3 is 1. The van der Waals surface area contributed by atoms with Crippen LogP contribution in [0.3, 0.4) is 0 Å². The van der Waals surface area contributed by atoms with Gasteiger partial charge >= 0.3 is 0 Å². The van der Waals surface area contributed by atoms with Crippen LogP contribution in [0, 0.1) is 5.82 Å². The maximum Gasteiger partial charge on any atom is 0.165 e. The van der Waals surface area contributed by atoms with Crippen molar-refractivity contribution >= 4 is 10.9 Å². The standard InChI is InChI=1S/C18H17FN2O/c1-22-16-7-6-11(10-14(16)19)17-18-13(8-9-20-17)12-4-2-3-5-15(12)21-18/h2-7,10,17,20-21H,8-9H2,1H3. The molecule has 4 rings (SSSR count). The van der Waals surface area contributed by atoms with Crippen LogP contribution in [0.4, 0.5) is 4.39 Å². The maximum absolute atomic E-state index is 14.0. The van der Waals surface area contributed by atoms with E-state index in [0.717, 1.165) is 29.7 Å². The highest BCUT2D eigenvalue weighted by atomic mass is 19.1. The van der Waals surface area contributed by atoms with Crippen LogP contribution in [0.25, 0.3) is 10.9 Å². The second-order valence-electron chi connectivity index (χ2n) is 5.59. The zero-order valence-electron chi connectivity index (χ0n) is 12.3. The summed E-state index contributed by atoms with van der Waals surface area (Å²) in [7, 11) is 1.48. The molecule has 4 heteroatoms. The largest absolute Gasteiger partial charge is 0.494 e. The molecule has 0 fully saturated rings. The summed E-state index contributed by atoms with van der Waals surface area (Å²) in [6, 6.07) is 13.4. The smallest absolute Gasteiger partial charge is 0.165 e. The van der Waals surface area contributed by atoms with Crippen molar-refractivity contribution in [2.75, 3.05) is 13.7 Å². The van der Waals surface area contributed by atoms with E-state index in [0.29, 0.717) is 0 Å². The van der Waals surface area contributed by atoms with Crippen molar-refractivity contribution in [2.45, 2.75) is 12.5 Å². The number of hydrogen-bond donors (Lipinski definition) is 2. The highest BCUT2D eigenvalue weighted by molar-refractivity contribution is 5.85. The average molecular weight is 296 g/mol. The van der Waals surface area contributed by atoms with Crippen molar-refractivity contribution in [3.05, 3.63) is 65.1 Å². The minimum atomic E-state index is -0.329. The molecule has 1 atom stereocenters. The SMILES string of the molecule is COc1ccc(C2NCCc3c2[nH]c2ccccc32)cc1F. The summed E-state index contributed by atoms with van der Waals surface area (Å²) in [4.78, 5) is 3.50. The summed E-state index contributed by atoms with van der Waals surface area (Å²) in [5, 5.41) is 4.74. The maximum atomic E-state index is 14.0. The molecule has 0 radical (unpaired) electrons. The molecule has 0 bridgehead atoms. The monoisotopic (exact) mass is 296 g/mol. The Labute approximate surface area is 128 Å². The van der Waals surface area contributed by atoms with Crippen molar-refractivity contribution in [2.24, 2.45) is 0 Å². The summed E-state index contributed by atoms with van der Waals surface area (Å²) in [6.07, 6.45) is 0.981. The van der Waals surface area contributed by atoms with Crippen molar-refractivity contribution in [1.29, 1.82) is 0 Å². The minimum absolute atomic E-state index is 0.0171. The first-order chi connectivity index (χ1) is 10.8. The van der Waals surface area contributed by atoms with Gasteiger partial charge in [0.25, 0.3) is 0 Å². The number of ether oxygens (including phenoxy) is 1. The van der Waals surface area contributed by atoms with Crippen LogP contribution >= 0.6 is 0 Å². The van der Waals surface area contributed by atoms with E-state index < -0.39 is 0 Å². The van der Waals surface area contributed by atoms with Gasteiger partial charge in [-0.3, -0.25) is 0 Å². The molecule has 0 spiro atoms. The summed E-state index contributed by atoms with van der Waals surface area (Å²) in [5.74, 6) is -0.0542. The van der Waals surface area contributed by atoms with Crippen molar-refractivity contribution in [3.63, 3.8) is 0 Å². The number of hydrogen-bond acceptors (Lipinski definition) is 2. The van der Waals surface area contributed by atoms with Gasteiger partial charge in [-0.25, -0.2) is 4.39 Å². The van der Waals surface area contributed by atoms with Crippen LogP contribution in [0.15, 0.2) is 42.5 Å². The first-order valence-corrected chi connectivity index (χ1v) is 7.44. The second-order valence-corrected chi connectivity index (χ2v) is 5.59. The van der Waals surface area contributed by atoms with E-state index >= 15 is 0 Å². The Hall–Kier alpha value is -2.33. The molecule has 0 amide bonds. The number of H-pyrrole nitrogens is 1. The fraction of sp³-hybridized carbons (Fsp3) is 0.222. The second kappa shape index (κ2) is 5.14. The topological polar surface area (TPSA) is 37.0 Å². The van der Waals surface area contributed by atoms with Gasteiger partial charge in [0.2, 0.25) is 0 Å². The van der Waals surface area contributed by atoms with E-state index in [1.54, 1.807) is 12.1 Å². The van der Waals surface area contributed by atoms with E-state index in [2.05, 4.69) is 28.5 Å². The molecule has 112 valence electrons. The van der Waals surface area contributed by atoms with Crippen LogP contribution in [-0.2, 0) is 6.42 Å². The Morgan fingerprint density at radius 2 is 2.05 bits per heavy atom.